The van der Waals surface area contributed by atoms with Gasteiger partial charge in [-0.3, -0.25) is 0 Å². The molecule has 0 aromatic heterocycles. The standard InChI is InChI=1S/C45H36N2/c1-4-11-33(5-2)35-20-27-41(28-21-35)47(45-17-10-15-38-13-8-9-16-44(38)45)42-29-22-37(23-30-42)36-18-25-40(26-19-36)46(3)43-31-24-34-12-6-7-14-39(34)32-43/h4-32H,1-2H2,3H3/b33-11+. The molecule has 0 spiro atoms. The second-order valence-corrected chi connectivity index (χ2v) is 11.6. The van der Waals surface area contributed by atoms with Crippen molar-refractivity contribution in [3.63, 3.8) is 0 Å². The summed E-state index contributed by atoms with van der Waals surface area (Å²) in [7, 11) is 2.12. The molecule has 0 unspecified atom stereocenters. The lowest BCUT2D eigenvalue weighted by molar-refractivity contribution is 1.21. The van der Waals surface area contributed by atoms with Crippen molar-refractivity contribution in [3.05, 3.63) is 195 Å². The van der Waals surface area contributed by atoms with E-state index in [-0.39, 0.29) is 0 Å². The fraction of sp³-hybridized carbons (Fsp3) is 0.0222. The van der Waals surface area contributed by atoms with E-state index in [1.165, 1.54) is 38.4 Å². The highest BCUT2D eigenvalue weighted by atomic mass is 15.1. The Morgan fingerprint density at radius 3 is 1.72 bits per heavy atom. The van der Waals surface area contributed by atoms with Crippen molar-refractivity contribution in [1.82, 2.24) is 0 Å². The van der Waals surface area contributed by atoms with Gasteiger partial charge in [0.25, 0.3) is 0 Å². The summed E-state index contributed by atoms with van der Waals surface area (Å²) in [5.74, 6) is 0. The van der Waals surface area contributed by atoms with Crippen molar-refractivity contribution in [1.29, 1.82) is 0 Å². The van der Waals surface area contributed by atoms with Gasteiger partial charge in [0.1, 0.15) is 0 Å². The lowest BCUT2D eigenvalue weighted by Crippen LogP contribution is -2.10. The van der Waals surface area contributed by atoms with E-state index in [1.54, 1.807) is 6.08 Å². The number of rotatable bonds is 9. The van der Waals surface area contributed by atoms with Crippen molar-refractivity contribution in [2.75, 3.05) is 16.8 Å². The van der Waals surface area contributed by atoms with E-state index in [0.29, 0.717) is 0 Å². The van der Waals surface area contributed by atoms with Crippen LogP contribution in [0.25, 0.3) is 38.2 Å². The molecule has 2 heteroatoms. The Morgan fingerprint density at radius 2 is 1.06 bits per heavy atom. The molecule has 7 aromatic carbocycles. The molecule has 0 heterocycles. The number of hydrogen-bond donors (Lipinski definition) is 0. The van der Waals surface area contributed by atoms with Crippen LogP contribution in [0.5, 0.6) is 0 Å². The topological polar surface area (TPSA) is 6.48 Å². The van der Waals surface area contributed by atoms with Gasteiger partial charge < -0.3 is 9.80 Å². The van der Waals surface area contributed by atoms with E-state index in [0.717, 1.165) is 33.9 Å². The minimum Gasteiger partial charge on any atom is -0.345 e. The molecule has 0 aliphatic heterocycles. The largest absolute Gasteiger partial charge is 0.345 e. The zero-order valence-corrected chi connectivity index (χ0v) is 26.6. The van der Waals surface area contributed by atoms with Gasteiger partial charge >= 0.3 is 0 Å². The molecule has 0 bridgehead atoms. The monoisotopic (exact) mass is 604 g/mol. The van der Waals surface area contributed by atoms with Crippen molar-refractivity contribution >= 4 is 55.6 Å². The maximum Gasteiger partial charge on any atom is 0.0540 e. The fourth-order valence-electron chi connectivity index (χ4n) is 6.26. The molecule has 0 aliphatic carbocycles. The molecule has 2 nitrogen and oxygen atoms in total. The summed E-state index contributed by atoms with van der Waals surface area (Å²) in [4.78, 5) is 4.57. The molecule has 0 radical (unpaired) electrons. The van der Waals surface area contributed by atoms with Crippen molar-refractivity contribution in [3.8, 4) is 11.1 Å². The van der Waals surface area contributed by atoms with Crippen LogP contribution in [0.15, 0.2) is 189 Å². The van der Waals surface area contributed by atoms with E-state index >= 15 is 0 Å². The van der Waals surface area contributed by atoms with Gasteiger partial charge in [0.15, 0.2) is 0 Å². The van der Waals surface area contributed by atoms with Crippen molar-refractivity contribution in [2.24, 2.45) is 0 Å². The molecule has 47 heavy (non-hydrogen) atoms. The first-order valence-corrected chi connectivity index (χ1v) is 15.9. The van der Waals surface area contributed by atoms with E-state index in [4.69, 9.17) is 0 Å². The van der Waals surface area contributed by atoms with Gasteiger partial charge in [-0.05, 0) is 93.0 Å². The number of allylic oxidation sites excluding steroid dienone is 4. The molecule has 226 valence electrons. The lowest BCUT2D eigenvalue weighted by Gasteiger charge is -2.27. The summed E-state index contributed by atoms with van der Waals surface area (Å²) in [6.45, 7) is 7.84. The summed E-state index contributed by atoms with van der Waals surface area (Å²) < 4.78 is 0. The van der Waals surface area contributed by atoms with Gasteiger partial charge in [0, 0.05) is 35.2 Å². The first-order valence-electron chi connectivity index (χ1n) is 15.9. The zero-order valence-electron chi connectivity index (χ0n) is 26.6. The molecule has 0 saturated heterocycles. The second-order valence-electron chi connectivity index (χ2n) is 11.6. The second kappa shape index (κ2) is 13.1. The van der Waals surface area contributed by atoms with Crippen LogP contribution in [0.2, 0.25) is 0 Å². The fourth-order valence-corrected chi connectivity index (χ4v) is 6.26. The van der Waals surface area contributed by atoms with Crippen molar-refractivity contribution < 1.29 is 0 Å². The van der Waals surface area contributed by atoms with Gasteiger partial charge in [0.05, 0.1) is 5.69 Å². The highest BCUT2D eigenvalue weighted by Gasteiger charge is 2.16. The highest BCUT2D eigenvalue weighted by Crippen LogP contribution is 2.40. The first kappa shape index (κ1) is 29.6. The van der Waals surface area contributed by atoms with E-state index in [1.807, 2.05) is 12.2 Å². The van der Waals surface area contributed by atoms with Crippen LogP contribution in [0.1, 0.15) is 5.56 Å². The predicted molar refractivity (Wildman–Crippen MR) is 204 cm³/mol. The van der Waals surface area contributed by atoms with Crippen LogP contribution in [0.3, 0.4) is 0 Å². The number of fused-ring (bicyclic) bond motifs is 2. The Hall–Kier alpha value is -6.12. The van der Waals surface area contributed by atoms with Gasteiger partial charge in [-0.15, -0.1) is 0 Å². The van der Waals surface area contributed by atoms with Crippen LogP contribution in [-0.2, 0) is 0 Å². The number of benzene rings is 7. The Morgan fingerprint density at radius 1 is 0.511 bits per heavy atom. The molecule has 7 aromatic rings. The molecule has 0 saturated carbocycles. The molecule has 0 amide bonds. The third kappa shape index (κ3) is 5.97. The third-order valence-corrected chi connectivity index (χ3v) is 8.82. The SMILES string of the molecule is C=C/C=C(\C=C)c1ccc(N(c2ccc(-c3ccc(N(C)c4ccc5ccccc5c4)cc3)cc2)c2cccc3ccccc23)cc1. The summed E-state index contributed by atoms with van der Waals surface area (Å²) in [6, 6.07) is 56.5. The highest BCUT2D eigenvalue weighted by molar-refractivity contribution is 5.99. The Bertz CT molecular complexity index is 2220. The Balaban J connectivity index is 1.21. The molecule has 0 atom stereocenters. The number of nitrogens with zero attached hydrogens (tertiary/aromatic N) is 2. The number of anilines is 5. The molecule has 0 aliphatic rings. The minimum atomic E-state index is 1.04. The van der Waals surface area contributed by atoms with Gasteiger partial charge in [-0.2, -0.15) is 0 Å². The van der Waals surface area contributed by atoms with Gasteiger partial charge in [0.2, 0.25) is 0 Å². The summed E-state index contributed by atoms with van der Waals surface area (Å²) in [5, 5.41) is 4.91. The average molecular weight is 605 g/mol. The van der Waals surface area contributed by atoms with E-state index < -0.39 is 0 Å². The molecule has 0 fully saturated rings. The van der Waals surface area contributed by atoms with Crippen LogP contribution in [0, 0.1) is 0 Å². The average Bonchev–Trinajstić information content (AvgIpc) is 3.14. The van der Waals surface area contributed by atoms with Gasteiger partial charge in [-0.1, -0.05) is 135 Å². The maximum absolute atomic E-state index is 3.98. The molecular weight excluding hydrogens is 569 g/mol. The first-order chi connectivity index (χ1) is 23.1. The molecule has 7 rings (SSSR count). The van der Waals surface area contributed by atoms with Crippen LogP contribution >= 0.6 is 0 Å². The minimum absolute atomic E-state index is 1.04. The Labute approximate surface area is 277 Å². The lowest BCUT2D eigenvalue weighted by atomic mass is 10.0. The summed E-state index contributed by atoms with van der Waals surface area (Å²) in [5.41, 5.74) is 10.1. The predicted octanol–water partition coefficient (Wildman–Crippen LogP) is 12.7. The summed E-state index contributed by atoms with van der Waals surface area (Å²) >= 11 is 0. The maximum atomic E-state index is 3.98. The van der Waals surface area contributed by atoms with Crippen LogP contribution in [-0.4, -0.2) is 7.05 Å². The molecule has 0 N–H and O–H groups in total. The normalized spacial score (nSPS) is 11.4. The summed E-state index contributed by atoms with van der Waals surface area (Å²) in [6.07, 6.45) is 5.65. The zero-order chi connectivity index (χ0) is 32.2. The van der Waals surface area contributed by atoms with E-state index in [2.05, 4.69) is 188 Å². The Kier molecular flexibility index (Phi) is 8.24. The van der Waals surface area contributed by atoms with Crippen molar-refractivity contribution in [2.45, 2.75) is 0 Å². The molecular formula is C45H36N2. The van der Waals surface area contributed by atoms with Crippen LogP contribution < -0.4 is 9.80 Å². The third-order valence-electron chi connectivity index (χ3n) is 8.82. The van der Waals surface area contributed by atoms with E-state index in [9.17, 15) is 0 Å². The smallest absolute Gasteiger partial charge is 0.0540 e. The van der Waals surface area contributed by atoms with Gasteiger partial charge in [-0.25, -0.2) is 0 Å². The number of hydrogen-bond acceptors (Lipinski definition) is 2. The van der Waals surface area contributed by atoms with Crippen LogP contribution in [0.4, 0.5) is 28.4 Å². The quantitative estimate of drug-likeness (QED) is 0.151.